The molecule has 14 heteroatoms. The van der Waals surface area contributed by atoms with Gasteiger partial charge >= 0.3 is 0 Å². The lowest BCUT2D eigenvalue weighted by Gasteiger charge is -2.27. The predicted octanol–water partition coefficient (Wildman–Crippen LogP) is 13.6. The topological polar surface area (TPSA) is 119 Å². The monoisotopic (exact) mass is 1140 g/mol. The van der Waals surface area contributed by atoms with Crippen molar-refractivity contribution in [3.63, 3.8) is 0 Å². The van der Waals surface area contributed by atoms with E-state index < -0.39 is 43.7 Å². The smallest absolute Gasteiger partial charge is 0.270 e. The van der Waals surface area contributed by atoms with Gasteiger partial charge in [-0.1, -0.05) is 164 Å². The fourth-order valence-corrected chi connectivity index (χ4v) is 12.8. The highest BCUT2D eigenvalue weighted by atomic mass is 79.9. The number of sulfonamides is 2. The van der Waals surface area contributed by atoms with E-state index in [1.165, 1.54) is 0 Å². The van der Waals surface area contributed by atoms with Gasteiger partial charge in [-0.15, -0.1) is 0 Å². The summed E-state index contributed by atoms with van der Waals surface area (Å²) in [5.41, 5.74) is 7.20. The van der Waals surface area contributed by atoms with Crippen molar-refractivity contribution in [2.24, 2.45) is 14.1 Å². The van der Waals surface area contributed by atoms with Crippen LogP contribution >= 0.6 is 31.9 Å². The molecule has 0 spiro atoms. The van der Waals surface area contributed by atoms with E-state index in [-0.39, 0.29) is 21.2 Å². The molecular weight excluding hydrogens is 1100 g/mol. The second kappa shape index (κ2) is 21.6. The van der Waals surface area contributed by atoms with Crippen LogP contribution in [0.3, 0.4) is 0 Å². The van der Waals surface area contributed by atoms with Crippen LogP contribution in [0.25, 0.3) is 21.8 Å². The minimum absolute atomic E-state index is 0.0581. The Hall–Kier alpha value is -7.36. The minimum Gasteiger partial charge on any atom is -0.350 e. The van der Waals surface area contributed by atoms with Crippen LogP contribution in [0.4, 0.5) is 11.4 Å². The molecule has 0 N–H and O–H groups in total. The van der Waals surface area contributed by atoms with Gasteiger partial charge in [-0.05, 0) is 121 Å². The van der Waals surface area contributed by atoms with E-state index >= 15 is 0 Å². The summed E-state index contributed by atoms with van der Waals surface area (Å²) in [6.45, 7) is 3.78. The Bertz CT molecular complexity index is 3620. The number of aromatic nitrogens is 2. The number of hydrogen-bond donors (Lipinski definition) is 0. The normalized spacial score (nSPS) is 12.4. The zero-order chi connectivity index (χ0) is 52.3. The molecule has 2 aromatic heterocycles. The number of amides is 2. The van der Waals surface area contributed by atoms with E-state index in [0.29, 0.717) is 11.1 Å². The van der Waals surface area contributed by atoms with Gasteiger partial charge in [-0.3, -0.25) is 9.59 Å². The van der Waals surface area contributed by atoms with Crippen LogP contribution in [0.1, 0.15) is 45.2 Å². The van der Waals surface area contributed by atoms with Gasteiger partial charge in [0.2, 0.25) is 0 Å². The molecule has 10 nitrogen and oxygen atoms in total. The Labute approximate surface area is 448 Å². The standard InChI is InChI=1S/2C30H25BrN2O3S/c2*1-21-13-16-25(17-14-21)37(35,36)33(24-11-7-4-8-12-24)30(34)29(22-9-5-3-6-10-22)27-20-32(2)28-18-15-23(31)19-26(27)28/h2*3-20,29H,1-2H3/t2*29-/m10/s1. The fourth-order valence-electron chi connectivity index (χ4n) is 9.21. The lowest BCUT2D eigenvalue weighted by Crippen LogP contribution is -2.40. The average Bonchev–Trinajstić information content (AvgIpc) is 3.89. The number of benzene rings is 8. The number of halogens is 2. The van der Waals surface area contributed by atoms with Gasteiger partial charge in [0.1, 0.15) is 0 Å². The van der Waals surface area contributed by atoms with Crippen LogP contribution in [-0.4, -0.2) is 37.8 Å². The highest BCUT2D eigenvalue weighted by Gasteiger charge is 2.40. The van der Waals surface area contributed by atoms with Crippen molar-refractivity contribution in [2.45, 2.75) is 35.5 Å². The summed E-state index contributed by atoms with van der Waals surface area (Å²) in [4.78, 5) is 29.3. The molecule has 0 unspecified atom stereocenters. The minimum atomic E-state index is -4.22. The Morgan fingerprint density at radius 2 is 0.743 bits per heavy atom. The van der Waals surface area contributed by atoms with Crippen LogP contribution in [0.5, 0.6) is 0 Å². The number of aryl methyl sites for hydroxylation is 4. The van der Waals surface area contributed by atoms with Crippen molar-refractivity contribution in [2.75, 3.05) is 8.61 Å². The molecule has 0 aliphatic carbocycles. The van der Waals surface area contributed by atoms with Crippen molar-refractivity contribution in [3.05, 3.63) is 261 Å². The first-order valence-electron chi connectivity index (χ1n) is 23.5. The zero-order valence-electron chi connectivity index (χ0n) is 40.8. The number of para-hydroxylation sites is 2. The Kier molecular flexibility index (Phi) is 15.1. The number of carbonyl (C=O) groups excluding carboxylic acids is 2. The van der Waals surface area contributed by atoms with Crippen molar-refractivity contribution in [3.8, 4) is 0 Å². The average molecular weight is 1150 g/mol. The second-order valence-electron chi connectivity index (χ2n) is 17.9. The van der Waals surface area contributed by atoms with Crippen molar-refractivity contribution in [1.29, 1.82) is 0 Å². The van der Waals surface area contributed by atoms with Gasteiger partial charge < -0.3 is 9.13 Å². The zero-order valence-corrected chi connectivity index (χ0v) is 45.6. The van der Waals surface area contributed by atoms with E-state index in [1.54, 1.807) is 109 Å². The van der Waals surface area contributed by atoms with E-state index in [1.807, 2.05) is 147 Å². The third-order valence-electron chi connectivity index (χ3n) is 12.8. The maximum Gasteiger partial charge on any atom is 0.270 e. The fraction of sp³-hybridized carbons (Fsp3) is 0.100. The first kappa shape index (κ1) is 51.5. The van der Waals surface area contributed by atoms with Crippen molar-refractivity contribution < 1.29 is 26.4 Å². The Morgan fingerprint density at radius 3 is 1.07 bits per heavy atom. The third-order valence-corrected chi connectivity index (χ3v) is 17.3. The summed E-state index contributed by atoms with van der Waals surface area (Å²) in [6, 6.07) is 60.6. The molecule has 0 bridgehead atoms. The van der Waals surface area contributed by atoms with Crippen molar-refractivity contribution in [1.82, 2.24) is 9.13 Å². The summed E-state index contributed by atoms with van der Waals surface area (Å²) < 4.78 is 63.8. The summed E-state index contributed by atoms with van der Waals surface area (Å²) in [7, 11) is -4.59. The molecule has 2 atom stereocenters. The molecule has 8 aromatic carbocycles. The highest BCUT2D eigenvalue weighted by Crippen LogP contribution is 2.40. The summed E-state index contributed by atoms with van der Waals surface area (Å²) in [5, 5.41) is 1.75. The van der Waals surface area contributed by atoms with Crippen molar-refractivity contribution >= 4 is 96.9 Å². The molecule has 0 saturated heterocycles. The van der Waals surface area contributed by atoms with Gasteiger partial charge in [-0.25, -0.2) is 25.4 Å². The molecular formula is C60H50Br2N4O6S2. The number of nitrogens with zero attached hydrogens (tertiary/aromatic N) is 4. The number of anilines is 2. The first-order chi connectivity index (χ1) is 35.5. The van der Waals surface area contributed by atoms with Gasteiger partial charge in [0.25, 0.3) is 31.9 Å². The molecule has 0 aliphatic heterocycles. The Morgan fingerprint density at radius 1 is 0.432 bits per heavy atom. The SMILES string of the molecule is Cc1ccc(S(=O)(=O)N(C(=O)[C@@H](c2ccccc2)c2cn(C)c3ccc(Br)cc23)c2ccccc2)cc1.Cc1ccc(S(=O)(=O)N(C(=O)[C@H](c2ccccc2)c2cn(C)c3ccc(Br)cc23)c2ccccc2)cc1. The molecule has 0 saturated carbocycles. The molecule has 2 heterocycles. The van der Waals surface area contributed by atoms with E-state index in [4.69, 9.17) is 0 Å². The molecule has 372 valence electrons. The van der Waals surface area contributed by atoms with Crippen LogP contribution < -0.4 is 8.61 Å². The van der Waals surface area contributed by atoms with Crippen LogP contribution in [0, 0.1) is 13.8 Å². The number of hydrogen-bond acceptors (Lipinski definition) is 6. The van der Waals surface area contributed by atoms with Gasteiger partial charge in [0.05, 0.1) is 33.0 Å². The maximum atomic E-state index is 14.6. The quantitative estimate of drug-likeness (QED) is 0.120. The van der Waals surface area contributed by atoms with E-state index in [9.17, 15) is 26.4 Å². The third kappa shape index (κ3) is 10.4. The molecule has 10 aromatic rings. The molecule has 2 amide bonds. The molecule has 0 radical (unpaired) electrons. The molecule has 0 aliphatic rings. The highest BCUT2D eigenvalue weighted by molar-refractivity contribution is 9.10. The number of carbonyl (C=O) groups is 2. The van der Waals surface area contributed by atoms with Gasteiger partial charge in [0.15, 0.2) is 0 Å². The Balaban J connectivity index is 0.000000182. The van der Waals surface area contributed by atoms with Gasteiger partial charge in [-0.2, -0.15) is 0 Å². The predicted molar refractivity (Wildman–Crippen MR) is 302 cm³/mol. The molecule has 0 fully saturated rings. The van der Waals surface area contributed by atoms with Crippen LogP contribution in [0.15, 0.2) is 237 Å². The summed E-state index contributed by atoms with van der Waals surface area (Å²) in [6.07, 6.45) is 3.82. The van der Waals surface area contributed by atoms with Crippen LogP contribution in [0.2, 0.25) is 0 Å². The largest absolute Gasteiger partial charge is 0.350 e. The number of fused-ring (bicyclic) bond motifs is 2. The van der Waals surface area contributed by atoms with E-state index in [2.05, 4.69) is 31.9 Å². The number of rotatable bonds is 12. The lowest BCUT2D eigenvalue weighted by molar-refractivity contribution is -0.118. The summed E-state index contributed by atoms with van der Waals surface area (Å²) >= 11 is 7.10. The van der Waals surface area contributed by atoms with Crippen LogP contribution in [-0.2, 0) is 43.7 Å². The maximum absolute atomic E-state index is 14.6. The van der Waals surface area contributed by atoms with E-state index in [0.717, 1.165) is 61.6 Å². The second-order valence-corrected chi connectivity index (χ2v) is 23.3. The van der Waals surface area contributed by atoms with Gasteiger partial charge in [0, 0.05) is 57.2 Å². The molecule has 74 heavy (non-hydrogen) atoms. The summed E-state index contributed by atoms with van der Waals surface area (Å²) in [5.74, 6) is -2.82. The first-order valence-corrected chi connectivity index (χ1v) is 28.0. The lowest BCUT2D eigenvalue weighted by atomic mass is 9.90. The molecule has 10 rings (SSSR count).